The molecule has 8 aliphatic rings. The Morgan fingerprint density at radius 1 is 0.635 bits per heavy atom. The van der Waals surface area contributed by atoms with Crippen molar-refractivity contribution in [3.63, 3.8) is 0 Å². The lowest BCUT2D eigenvalue weighted by molar-refractivity contribution is -0.140. The van der Waals surface area contributed by atoms with Gasteiger partial charge < -0.3 is 38.6 Å². The van der Waals surface area contributed by atoms with Crippen LogP contribution in [0.2, 0.25) is 0 Å². The zero-order valence-corrected chi connectivity index (χ0v) is 30.6. The molecule has 0 heterocycles. The summed E-state index contributed by atoms with van der Waals surface area (Å²) in [7, 11) is 0. The quantitative estimate of drug-likeness (QED) is 0.0998. The summed E-state index contributed by atoms with van der Waals surface area (Å²) in [5.74, 6) is 4.83. The van der Waals surface area contributed by atoms with Crippen LogP contribution in [-0.4, -0.2) is 87.2 Å². The van der Waals surface area contributed by atoms with Gasteiger partial charge in [0.15, 0.2) is 11.5 Å². The molecule has 2 atom stereocenters. The van der Waals surface area contributed by atoms with Gasteiger partial charge in [0.2, 0.25) is 0 Å². The molecule has 0 aromatic heterocycles. The van der Waals surface area contributed by atoms with E-state index in [1.54, 1.807) is 0 Å². The van der Waals surface area contributed by atoms with E-state index in [4.69, 9.17) is 28.4 Å². The standard InChI is InChI=1S/C42H58O10/c1-3-37(45)49-9-7-47-23-33(43)25-51-36-6-5-35(41-17-27-11-28(18-41)13-29(12-27)19-41)39(42-20-30-14-31(21-42)16-32(15-30)22-42)40(36)52-26-34(44)24-48-8-10-50-38(46)4-2/h3-6,27-34,43-44H,1-2,7-26H2. The average molecular weight is 723 g/mol. The minimum atomic E-state index is -0.914. The van der Waals surface area contributed by atoms with Crippen LogP contribution in [0.3, 0.4) is 0 Å². The molecule has 286 valence electrons. The molecule has 1 aromatic rings. The van der Waals surface area contributed by atoms with Crippen LogP contribution in [0.5, 0.6) is 11.5 Å². The second-order valence-corrected chi connectivity index (χ2v) is 17.0. The normalized spacial score (nSPS) is 33.3. The van der Waals surface area contributed by atoms with Gasteiger partial charge in [-0.2, -0.15) is 0 Å². The highest BCUT2D eigenvalue weighted by Crippen LogP contribution is 2.67. The fourth-order valence-corrected chi connectivity index (χ4v) is 12.1. The lowest BCUT2D eigenvalue weighted by atomic mass is 9.44. The van der Waals surface area contributed by atoms with Crippen LogP contribution in [0, 0.1) is 35.5 Å². The van der Waals surface area contributed by atoms with Gasteiger partial charge in [-0.3, -0.25) is 0 Å². The molecule has 10 heteroatoms. The number of rotatable bonds is 20. The zero-order chi connectivity index (χ0) is 36.3. The molecular weight excluding hydrogens is 664 g/mol. The van der Waals surface area contributed by atoms with Crippen molar-refractivity contribution >= 4 is 11.9 Å². The SMILES string of the molecule is C=CC(=O)OCCOCC(O)COc1ccc(C23CC4CC(CC(C4)C2)C3)c(C23CC4CC(CC(C4)C2)C3)c1OCC(O)COCCOC(=O)C=C. The van der Waals surface area contributed by atoms with E-state index in [9.17, 15) is 19.8 Å². The van der Waals surface area contributed by atoms with E-state index in [2.05, 4.69) is 19.2 Å². The number of hydrogen-bond donors (Lipinski definition) is 2. The van der Waals surface area contributed by atoms with E-state index >= 15 is 0 Å². The van der Waals surface area contributed by atoms with Crippen LogP contribution in [0.25, 0.3) is 0 Å². The van der Waals surface area contributed by atoms with Crippen LogP contribution < -0.4 is 9.47 Å². The van der Waals surface area contributed by atoms with E-state index < -0.39 is 24.1 Å². The molecule has 8 saturated carbocycles. The highest BCUT2D eigenvalue weighted by molar-refractivity contribution is 5.81. The Hall–Kier alpha value is -2.92. The molecule has 1 aromatic carbocycles. The lowest BCUT2D eigenvalue weighted by Gasteiger charge is -2.61. The van der Waals surface area contributed by atoms with Crippen molar-refractivity contribution in [1.82, 2.24) is 0 Å². The van der Waals surface area contributed by atoms with Gasteiger partial charge in [-0.25, -0.2) is 9.59 Å². The average Bonchev–Trinajstić information content (AvgIpc) is 3.11. The first-order valence-electron chi connectivity index (χ1n) is 19.7. The van der Waals surface area contributed by atoms with Crippen molar-refractivity contribution < 1.29 is 48.2 Å². The maximum Gasteiger partial charge on any atom is 0.330 e. The van der Waals surface area contributed by atoms with Crippen molar-refractivity contribution in [2.75, 3.05) is 52.9 Å². The predicted molar refractivity (Wildman–Crippen MR) is 193 cm³/mol. The minimum absolute atomic E-state index is 0.00317. The van der Waals surface area contributed by atoms with Crippen molar-refractivity contribution in [2.24, 2.45) is 35.5 Å². The Morgan fingerprint density at radius 2 is 1.06 bits per heavy atom. The van der Waals surface area contributed by atoms with Crippen LogP contribution in [0.1, 0.15) is 88.2 Å². The van der Waals surface area contributed by atoms with Crippen molar-refractivity contribution in [1.29, 1.82) is 0 Å². The Morgan fingerprint density at radius 3 is 1.50 bits per heavy atom. The Labute approximate surface area is 308 Å². The number of hydrogen-bond acceptors (Lipinski definition) is 10. The predicted octanol–water partition coefficient (Wildman–Crippen LogP) is 5.59. The molecule has 2 N–H and O–H groups in total. The third-order valence-corrected chi connectivity index (χ3v) is 13.0. The second kappa shape index (κ2) is 16.2. The third kappa shape index (κ3) is 8.25. The molecule has 8 bridgehead atoms. The third-order valence-electron chi connectivity index (χ3n) is 13.0. The number of carbonyl (C=O) groups excluding carboxylic acids is 2. The van der Waals surface area contributed by atoms with Gasteiger partial charge in [0.05, 0.1) is 26.4 Å². The van der Waals surface area contributed by atoms with Crippen molar-refractivity contribution in [3.8, 4) is 11.5 Å². The number of esters is 2. The Bertz CT molecular complexity index is 1380. The highest BCUT2D eigenvalue weighted by Gasteiger charge is 2.58. The van der Waals surface area contributed by atoms with Gasteiger partial charge in [-0.15, -0.1) is 0 Å². The summed E-state index contributed by atoms with van der Waals surface area (Å²) >= 11 is 0. The summed E-state index contributed by atoms with van der Waals surface area (Å²) in [6.07, 6.45) is 15.7. The van der Waals surface area contributed by atoms with Crippen LogP contribution in [-0.2, 0) is 39.4 Å². The molecule has 9 rings (SSSR count). The summed E-state index contributed by atoms with van der Waals surface area (Å²) in [6, 6.07) is 4.40. The summed E-state index contributed by atoms with van der Waals surface area (Å²) in [6.45, 7) is 7.30. The van der Waals surface area contributed by atoms with Gasteiger partial charge in [0.1, 0.15) is 38.6 Å². The van der Waals surface area contributed by atoms with E-state index in [1.165, 1.54) is 88.2 Å². The summed E-state index contributed by atoms with van der Waals surface area (Å²) < 4.78 is 34.4. The van der Waals surface area contributed by atoms with Gasteiger partial charge in [0.25, 0.3) is 0 Å². The van der Waals surface area contributed by atoms with E-state index in [1.807, 2.05) is 6.07 Å². The fraction of sp³-hybridized carbons (Fsp3) is 0.714. The van der Waals surface area contributed by atoms with E-state index in [-0.39, 0.29) is 63.7 Å². The Balaban J connectivity index is 1.15. The molecule has 0 radical (unpaired) electrons. The molecule has 52 heavy (non-hydrogen) atoms. The Kier molecular flexibility index (Phi) is 11.7. The van der Waals surface area contributed by atoms with Crippen molar-refractivity contribution in [2.45, 2.75) is 100 Å². The minimum Gasteiger partial charge on any atom is -0.487 e. The maximum absolute atomic E-state index is 11.4. The molecule has 0 saturated heterocycles. The molecule has 0 aliphatic heterocycles. The number of aliphatic hydroxyl groups is 2. The maximum atomic E-state index is 11.4. The largest absolute Gasteiger partial charge is 0.487 e. The lowest BCUT2D eigenvalue weighted by Crippen LogP contribution is -2.52. The number of carbonyl (C=O) groups is 2. The van der Waals surface area contributed by atoms with Crippen LogP contribution >= 0.6 is 0 Å². The smallest absolute Gasteiger partial charge is 0.330 e. The van der Waals surface area contributed by atoms with Gasteiger partial charge in [-0.05, 0) is 130 Å². The molecule has 8 fully saturated rings. The monoisotopic (exact) mass is 722 g/mol. The molecular formula is C42H58O10. The first kappa shape index (κ1) is 37.4. The van der Waals surface area contributed by atoms with Gasteiger partial charge in [0, 0.05) is 23.1 Å². The van der Waals surface area contributed by atoms with Gasteiger partial charge >= 0.3 is 11.9 Å². The fourth-order valence-electron chi connectivity index (χ4n) is 12.1. The van der Waals surface area contributed by atoms with Gasteiger partial charge in [-0.1, -0.05) is 19.2 Å². The van der Waals surface area contributed by atoms with E-state index in [0.717, 1.165) is 53.4 Å². The summed E-state index contributed by atoms with van der Waals surface area (Å²) in [5.41, 5.74) is 2.93. The molecule has 2 unspecified atom stereocenters. The molecule has 0 amide bonds. The number of aliphatic hydroxyl groups excluding tert-OH is 2. The molecule has 10 nitrogen and oxygen atoms in total. The van der Waals surface area contributed by atoms with Crippen LogP contribution in [0.15, 0.2) is 37.4 Å². The van der Waals surface area contributed by atoms with Crippen LogP contribution in [0.4, 0.5) is 0 Å². The first-order chi connectivity index (χ1) is 25.2. The molecule has 8 aliphatic carbocycles. The number of ether oxygens (including phenoxy) is 6. The topological polar surface area (TPSA) is 130 Å². The summed E-state index contributed by atoms with van der Waals surface area (Å²) in [5, 5.41) is 21.9. The summed E-state index contributed by atoms with van der Waals surface area (Å²) in [4.78, 5) is 22.7. The second-order valence-electron chi connectivity index (χ2n) is 17.0. The molecule has 0 spiro atoms. The number of benzene rings is 1. The van der Waals surface area contributed by atoms with Crippen molar-refractivity contribution in [3.05, 3.63) is 48.6 Å². The first-order valence-corrected chi connectivity index (χ1v) is 19.7. The highest BCUT2D eigenvalue weighted by atomic mass is 16.6. The van der Waals surface area contributed by atoms with E-state index in [0.29, 0.717) is 5.75 Å². The zero-order valence-electron chi connectivity index (χ0n) is 30.6.